The van der Waals surface area contributed by atoms with Gasteiger partial charge in [0.05, 0.1) is 4.90 Å². The number of nitrogens with one attached hydrogen (secondary N) is 1. The van der Waals surface area contributed by atoms with E-state index >= 15 is 0 Å². The molecule has 0 aliphatic carbocycles. The molecule has 1 aromatic rings. The van der Waals surface area contributed by atoms with Gasteiger partial charge in [-0.2, -0.15) is 0 Å². The summed E-state index contributed by atoms with van der Waals surface area (Å²) in [6, 6.07) is 4.93. The minimum absolute atomic E-state index is 0.0363. The van der Waals surface area contributed by atoms with Gasteiger partial charge < -0.3 is 4.55 Å². The number of benzene rings is 1. The first-order valence-corrected chi connectivity index (χ1v) is 6.16. The van der Waals surface area contributed by atoms with Crippen LogP contribution in [0.4, 0.5) is 0 Å². The minimum Gasteiger partial charge on any atom is -0.768 e. The summed E-state index contributed by atoms with van der Waals surface area (Å²) in [4.78, 5) is 0.0919. The van der Waals surface area contributed by atoms with Gasteiger partial charge in [0, 0.05) is 4.90 Å². The Hall–Kier alpha value is -0.760. The molecule has 78 valence electrons. The molecule has 1 atom stereocenters. The Labute approximate surface area is 84.5 Å². The predicted octanol–water partition coefficient (Wildman–Crippen LogP) is -0.167. The maximum absolute atomic E-state index is 11.2. The van der Waals surface area contributed by atoms with E-state index in [2.05, 4.69) is 4.72 Å². The van der Waals surface area contributed by atoms with Crippen molar-refractivity contribution < 1.29 is 17.2 Å². The molecular weight excluding hydrogens is 226 g/mol. The normalized spacial score (nSPS) is 13.9. The highest BCUT2D eigenvalue weighted by Gasteiger charge is 2.09. The first-order valence-electron chi connectivity index (χ1n) is 3.60. The molecule has 0 saturated heterocycles. The molecule has 0 saturated carbocycles. The molecule has 5 nitrogen and oxygen atoms in total. The van der Waals surface area contributed by atoms with Crippen LogP contribution < -0.4 is 4.72 Å². The second-order valence-corrected chi connectivity index (χ2v) is 5.24. The van der Waals surface area contributed by atoms with Gasteiger partial charge in [-0.15, -0.1) is 0 Å². The number of hydrogen-bond donors (Lipinski definition) is 1. The summed E-state index contributed by atoms with van der Waals surface area (Å²) in [5.74, 6) is 0. The van der Waals surface area contributed by atoms with Crippen molar-refractivity contribution in [3.63, 3.8) is 0 Å². The monoisotopic (exact) mass is 234 g/mol. The van der Waals surface area contributed by atoms with Crippen molar-refractivity contribution in [2.24, 2.45) is 0 Å². The molecule has 7 heteroatoms. The molecule has 0 aliphatic rings. The molecule has 0 aliphatic heterocycles. The maximum atomic E-state index is 11.2. The first-order chi connectivity index (χ1) is 6.47. The fourth-order valence-corrected chi connectivity index (χ4v) is 1.94. The molecule has 0 aromatic heterocycles. The van der Waals surface area contributed by atoms with Crippen LogP contribution in [-0.2, 0) is 21.1 Å². The zero-order valence-corrected chi connectivity index (χ0v) is 8.89. The third-order valence-corrected chi connectivity index (χ3v) is 3.68. The summed E-state index contributed by atoms with van der Waals surface area (Å²) >= 11 is -2.33. The van der Waals surface area contributed by atoms with Crippen molar-refractivity contribution in [2.45, 2.75) is 9.79 Å². The lowest BCUT2D eigenvalue weighted by Gasteiger charge is -2.06. The molecule has 1 N–H and O–H groups in total. The summed E-state index contributed by atoms with van der Waals surface area (Å²) in [7, 11) is -2.20. The standard InChI is InChI=1S/C7H9NO4S2/c1-8-14(11,12)7-4-2-6(3-5-7)13(9)10/h2-5,8H,1H3,(H,9,10)/p-1. The Morgan fingerprint density at radius 2 is 1.79 bits per heavy atom. The fraction of sp³-hybridized carbons (Fsp3) is 0.143. The Morgan fingerprint density at radius 1 is 1.29 bits per heavy atom. The van der Waals surface area contributed by atoms with Gasteiger partial charge in [-0.3, -0.25) is 4.21 Å². The molecule has 0 radical (unpaired) electrons. The fourth-order valence-electron chi connectivity index (χ4n) is 0.848. The lowest BCUT2D eigenvalue weighted by atomic mass is 10.4. The quantitative estimate of drug-likeness (QED) is 0.736. The van der Waals surface area contributed by atoms with E-state index < -0.39 is 21.1 Å². The van der Waals surface area contributed by atoms with Crippen LogP contribution in [0.1, 0.15) is 0 Å². The number of hydrogen-bond acceptors (Lipinski definition) is 4. The van der Waals surface area contributed by atoms with Crippen molar-refractivity contribution in [3.05, 3.63) is 24.3 Å². The van der Waals surface area contributed by atoms with E-state index in [0.717, 1.165) is 0 Å². The average molecular weight is 234 g/mol. The van der Waals surface area contributed by atoms with E-state index in [0.29, 0.717) is 0 Å². The topological polar surface area (TPSA) is 86.3 Å². The van der Waals surface area contributed by atoms with Crippen LogP contribution in [0.5, 0.6) is 0 Å². The molecule has 1 unspecified atom stereocenters. The van der Waals surface area contributed by atoms with E-state index in [9.17, 15) is 17.2 Å². The van der Waals surface area contributed by atoms with Gasteiger partial charge in [0.15, 0.2) is 0 Å². The van der Waals surface area contributed by atoms with E-state index in [1.807, 2.05) is 0 Å². The highest BCUT2D eigenvalue weighted by atomic mass is 32.2. The summed E-state index contributed by atoms with van der Waals surface area (Å²) < 4.78 is 45.5. The summed E-state index contributed by atoms with van der Waals surface area (Å²) in [6.45, 7) is 0. The van der Waals surface area contributed by atoms with Crippen molar-refractivity contribution in [2.75, 3.05) is 7.05 Å². The first kappa shape index (κ1) is 11.3. The molecule has 0 spiro atoms. The highest BCUT2D eigenvalue weighted by Crippen LogP contribution is 2.11. The second-order valence-electron chi connectivity index (χ2n) is 2.41. The molecule has 0 amide bonds. The minimum atomic E-state index is -3.49. The highest BCUT2D eigenvalue weighted by molar-refractivity contribution is 7.89. The van der Waals surface area contributed by atoms with Crippen molar-refractivity contribution >= 4 is 21.1 Å². The van der Waals surface area contributed by atoms with Crippen LogP contribution in [0.15, 0.2) is 34.1 Å². The van der Waals surface area contributed by atoms with E-state index in [1.165, 1.54) is 31.3 Å². The summed E-state index contributed by atoms with van der Waals surface area (Å²) in [5, 5.41) is 0. The second kappa shape index (κ2) is 4.18. The Balaban J connectivity index is 3.12. The lowest BCUT2D eigenvalue weighted by Crippen LogP contribution is -2.18. The molecule has 0 fully saturated rings. The van der Waals surface area contributed by atoms with Crippen molar-refractivity contribution in [1.82, 2.24) is 4.72 Å². The Bertz CT molecular complexity index is 437. The lowest BCUT2D eigenvalue weighted by molar-refractivity contribution is 0.537. The zero-order chi connectivity index (χ0) is 10.8. The molecule has 1 aromatic carbocycles. The van der Waals surface area contributed by atoms with Gasteiger partial charge >= 0.3 is 0 Å². The van der Waals surface area contributed by atoms with Crippen LogP contribution in [0.25, 0.3) is 0 Å². The van der Waals surface area contributed by atoms with E-state index in [4.69, 9.17) is 0 Å². The smallest absolute Gasteiger partial charge is 0.240 e. The van der Waals surface area contributed by atoms with Gasteiger partial charge in [0.1, 0.15) is 0 Å². The Morgan fingerprint density at radius 3 is 2.14 bits per heavy atom. The SMILES string of the molecule is CNS(=O)(=O)c1ccc(S(=O)[O-])cc1. The summed E-state index contributed by atoms with van der Waals surface area (Å²) in [6.07, 6.45) is 0. The van der Waals surface area contributed by atoms with Crippen LogP contribution in [0.3, 0.4) is 0 Å². The van der Waals surface area contributed by atoms with Gasteiger partial charge in [-0.05, 0) is 42.4 Å². The zero-order valence-electron chi connectivity index (χ0n) is 7.26. The molecular formula is C7H8NO4S2-. The third-order valence-electron chi connectivity index (χ3n) is 1.60. The van der Waals surface area contributed by atoms with Crippen LogP contribution in [0.2, 0.25) is 0 Å². The third kappa shape index (κ3) is 2.38. The molecule has 0 bridgehead atoms. The largest absolute Gasteiger partial charge is 0.768 e. The van der Waals surface area contributed by atoms with Gasteiger partial charge in [-0.1, -0.05) is 0 Å². The van der Waals surface area contributed by atoms with Gasteiger partial charge in [0.25, 0.3) is 0 Å². The predicted molar refractivity (Wildman–Crippen MR) is 49.9 cm³/mol. The van der Waals surface area contributed by atoms with E-state index in [1.54, 1.807) is 0 Å². The number of sulfonamides is 1. The average Bonchev–Trinajstić information content (AvgIpc) is 2.18. The van der Waals surface area contributed by atoms with Crippen LogP contribution in [-0.4, -0.2) is 24.2 Å². The van der Waals surface area contributed by atoms with Crippen LogP contribution >= 0.6 is 0 Å². The van der Waals surface area contributed by atoms with Crippen molar-refractivity contribution in [1.29, 1.82) is 0 Å². The summed E-state index contributed by atoms with van der Waals surface area (Å²) in [5.41, 5.74) is 0. The van der Waals surface area contributed by atoms with Crippen LogP contribution in [0, 0.1) is 0 Å². The Kier molecular flexibility index (Phi) is 3.38. The van der Waals surface area contributed by atoms with E-state index in [-0.39, 0.29) is 9.79 Å². The maximum Gasteiger partial charge on any atom is 0.240 e. The van der Waals surface area contributed by atoms with Gasteiger partial charge in [-0.25, -0.2) is 13.1 Å². The number of rotatable bonds is 3. The molecule has 1 rings (SSSR count). The molecule has 0 heterocycles. The van der Waals surface area contributed by atoms with Crippen molar-refractivity contribution in [3.8, 4) is 0 Å². The molecule has 14 heavy (non-hydrogen) atoms. The van der Waals surface area contributed by atoms with Gasteiger partial charge in [0.2, 0.25) is 10.0 Å².